The number of aryl methyl sites for hydroxylation is 3. The Morgan fingerprint density at radius 3 is 2.74 bits per heavy atom. The van der Waals surface area contributed by atoms with Gasteiger partial charge in [0.05, 0.1) is 23.9 Å². The van der Waals surface area contributed by atoms with Crippen molar-refractivity contribution in [3.63, 3.8) is 0 Å². The lowest BCUT2D eigenvalue weighted by Gasteiger charge is -2.14. The van der Waals surface area contributed by atoms with Gasteiger partial charge in [0.2, 0.25) is 5.91 Å². The van der Waals surface area contributed by atoms with Crippen LogP contribution >= 0.6 is 23.1 Å². The van der Waals surface area contributed by atoms with Crippen molar-refractivity contribution < 1.29 is 9.53 Å². The van der Waals surface area contributed by atoms with Crippen LogP contribution in [0.5, 0.6) is 5.75 Å². The normalized spacial score (nSPS) is 13.0. The molecule has 2 heterocycles. The maximum absolute atomic E-state index is 13.8. The zero-order valence-corrected chi connectivity index (χ0v) is 20.7. The molecule has 174 valence electrons. The van der Waals surface area contributed by atoms with Crippen LogP contribution in [0.25, 0.3) is 15.9 Å². The average molecular weight is 492 g/mol. The van der Waals surface area contributed by atoms with Crippen LogP contribution in [0.2, 0.25) is 0 Å². The second-order valence-corrected chi connectivity index (χ2v) is 10.4. The van der Waals surface area contributed by atoms with Crippen molar-refractivity contribution in [3.05, 3.63) is 74.9 Å². The first-order valence-corrected chi connectivity index (χ1v) is 13.0. The number of carbonyl (C=O) groups excluding carboxylic acids is 1. The summed E-state index contributed by atoms with van der Waals surface area (Å²) in [4.78, 5) is 33.4. The molecule has 0 bridgehead atoms. The number of carbonyl (C=O) groups is 1. The van der Waals surface area contributed by atoms with Crippen molar-refractivity contribution in [2.45, 2.75) is 37.8 Å². The molecule has 0 unspecified atom stereocenters. The number of rotatable bonds is 6. The van der Waals surface area contributed by atoms with E-state index in [1.807, 2.05) is 55.5 Å². The van der Waals surface area contributed by atoms with Gasteiger partial charge < -0.3 is 10.1 Å². The number of methoxy groups -OCH3 is 1. The van der Waals surface area contributed by atoms with E-state index >= 15 is 0 Å². The van der Waals surface area contributed by atoms with Crippen LogP contribution in [0.15, 0.2) is 58.5 Å². The van der Waals surface area contributed by atoms with Gasteiger partial charge in [0.1, 0.15) is 10.6 Å². The van der Waals surface area contributed by atoms with Crippen molar-refractivity contribution in [2.24, 2.45) is 0 Å². The summed E-state index contributed by atoms with van der Waals surface area (Å²) in [6, 6.07) is 15.0. The maximum atomic E-state index is 13.8. The van der Waals surface area contributed by atoms with E-state index in [0.29, 0.717) is 16.6 Å². The Morgan fingerprint density at radius 2 is 1.97 bits per heavy atom. The smallest absolute Gasteiger partial charge is 0.267 e. The number of nitrogens with zero attached hydrogens (tertiary/aromatic N) is 2. The minimum absolute atomic E-state index is 0.0730. The Morgan fingerprint density at radius 1 is 1.18 bits per heavy atom. The van der Waals surface area contributed by atoms with E-state index in [4.69, 9.17) is 9.72 Å². The van der Waals surface area contributed by atoms with Gasteiger partial charge in [0, 0.05) is 10.6 Å². The van der Waals surface area contributed by atoms with Gasteiger partial charge in [-0.05, 0) is 80.1 Å². The van der Waals surface area contributed by atoms with E-state index in [0.717, 1.165) is 52.7 Å². The third-order valence-corrected chi connectivity index (χ3v) is 8.05. The number of hydrogen-bond donors (Lipinski definition) is 1. The van der Waals surface area contributed by atoms with E-state index < -0.39 is 0 Å². The predicted molar refractivity (Wildman–Crippen MR) is 139 cm³/mol. The molecular weight excluding hydrogens is 466 g/mol. The van der Waals surface area contributed by atoms with Gasteiger partial charge in [0.25, 0.3) is 5.56 Å². The molecule has 6 nitrogen and oxygen atoms in total. The summed E-state index contributed by atoms with van der Waals surface area (Å²) in [6.45, 7) is 1.98. The van der Waals surface area contributed by atoms with E-state index in [1.165, 1.54) is 16.6 Å². The van der Waals surface area contributed by atoms with Gasteiger partial charge in [-0.3, -0.25) is 14.2 Å². The number of fused-ring (bicyclic) bond motifs is 3. The van der Waals surface area contributed by atoms with Crippen LogP contribution in [-0.4, -0.2) is 28.3 Å². The fourth-order valence-electron chi connectivity index (χ4n) is 4.29. The summed E-state index contributed by atoms with van der Waals surface area (Å²) < 4.78 is 6.92. The fraction of sp³-hybridized carbons (Fsp3) is 0.269. The Labute approximate surface area is 206 Å². The number of hydrogen-bond acceptors (Lipinski definition) is 6. The molecule has 0 radical (unpaired) electrons. The molecule has 34 heavy (non-hydrogen) atoms. The molecule has 4 aromatic rings. The molecule has 0 fully saturated rings. The highest BCUT2D eigenvalue weighted by Crippen LogP contribution is 2.35. The van der Waals surface area contributed by atoms with Crippen molar-refractivity contribution in [1.82, 2.24) is 9.55 Å². The van der Waals surface area contributed by atoms with Crippen molar-refractivity contribution >= 4 is 44.9 Å². The number of benzene rings is 2. The quantitative estimate of drug-likeness (QED) is 0.290. The molecule has 5 rings (SSSR count). The molecule has 0 saturated heterocycles. The molecule has 0 saturated carbocycles. The largest absolute Gasteiger partial charge is 0.497 e. The molecule has 0 aliphatic heterocycles. The standard InChI is InChI=1S/C26H25N3O3S2/c1-16-6-5-7-17(14-16)27-22(30)15-33-26-28-24-23(20-8-3-4-9-21(20)34-24)25(31)29(26)18-10-12-19(32-2)13-11-18/h5-7,10-14H,3-4,8-9,15H2,1-2H3,(H,27,30). The van der Waals surface area contributed by atoms with Crippen LogP contribution in [0.3, 0.4) is 0 Å². The van der Waals surface area contributed by atoms with Gasteiger partial charge in [0.15, 0.2) is 5.16 Å². The summed E-state index contributed by atoms with van der Waals surface area (Å²) >= 11 is 2.89. The van der Waals surface area contributed by atoms with Crippen molar-refractivity contribution in [1.29, 1.82) is 0 Å². The molecule has 0 atom stereocenters. The van der Waals surface area contributed by atoms with Crippen LogP contribution in [-0.2, 0) is 17.6 Å². The maximum Gasteiger partial charge on any atom is 0.267 e. The number of amides is 1. The third kappa shape index (κ3) is 4.48. The molecule has 1 aliphatic carbocycles. The number of thiophene rings is 1. The van der Waals surface area contributed by atoms with Gasteiger partial charge >= 0.3 is 0 Å². The monoisotopic (exact) mass is 491 g/mol. The number of aromatic nitrogens is 2. The summed E-state index contributed by atoms with van der Waals surface area (Å²) in [5.41, 5.74) is 3.62. The first kappa shape index (κ1) is 22.7. The van der Waals surface area contributed by atoms with Gasteiger partial charge in [-0.25, -0.2) is 4.98 Å². The Bertz CT molecular complexity index is 1420. The van der Waals surface area contributed by atoms with E-state index in [1.54, 1.807) is 23.0 Å². The number of ether oxygens (including phenoxy) is 1. The van der Waals surface area contributed by atoms with Crippen LogP contribution in [0, 0.1) is 6.92 Å². The highest BCUT2D eigenvalue weighted by Gasteiger charge is 2.23. The van der Waals surface area contributed by atoms with Crippen LogP contribution < -0.4 is 15.6 Å². The minimum Gasteiger partial charge on any atom is -0.497 e. The molecule has 1 aliphatic rings. The zero-order valence-electron chi connectivity index (χ0n) is 19.1. The number of nitrogens with one attached hydrogen (secondary N) is 1. The highest BCUT2D eigenvalue weighted by atomic mass is 32.2. The zero-order chi connectivity index (χ0) is 23.7. The number of thioether (sulfide) groups is 1. The van der Waals surface area contributed by atoms with Gasteiger partial charge in [-0.2, -0.15) is 0 Å². The SMILES string of the molecule is COc1ccc(-n2c(SCC(=O)Nc3cccc(C)c3)nc3sc4c(c3c2=O)CCCC4)cc1. The highest BCUT2D eigenvalue weighted by molar-refractivity contribution is 7.99. The first-order valence-electron chi connectivity index (χ1n) is 11.2. The minimum atomic E-state index is -0.142. The molecule has 2 aromatic heterocycles. The first-order chi connectivity index (χ1) is 16.5. The Hall–Kier alpha value is -3.10. The molecule has 0 spiro atoms. The van der Waals surface area contributed by atoms with E-state index in [2.05, 4.69) is 5.32 Å². The summed E-state index contributed by atoms with van der Waals surface area (Å²) in [7, 11) is 1.61. The summed E-state index contributed by atoms with van der Waals surface area (Å²) in [5, 5.41) is 4.17. The molecule has 8 heteroatoms. The van der Waals surface area contributed by atoms with E-state index in [-0.39, 0.29) is 17.2 Å². The lowest BCUT2D eigenvalue weighted by atomic mass is 9.97. The lowest BCUT2D eigenvalue weighted by molar-refractivity contribution is -0.113. The van der Waals surface area contributed by atoms with Gasteiger partial charge in [-0.15, -0.1) is 11.3 Å². The fourth-order valence-corrected chi connectivity index (χ4v) is 6.41. The van der Waals surface area contributed by atoms with Gasteiger partial charge in [-0.1, -0.05) is 23.9 Å². The van der Waals surface area contributed by atoms with Crippen LogP contribution in [0.1, 0.15) is 28.8 Å². The molecule has 1 amide bonds. The second-order valence-electron chi connectivity index (χ2n) is 8.33. The molecular formula is C26H25N3O3S2. The van der Waals surface area contributed by atoms with E-state index in [9.17, 15) is 9.59 Å². The Kier molecular flexibility index (Phi) is 6.43. The topological polar surface area (TPSA) is 73.2 Å². The van der Waals surface area contributed by atoms with Crippen molar-refractivity contribution in [3.8, 4) is 11.4 Å². The summed E-state index contributed by atoms with van der Waals surface area (Å²) in [6.07, 6.45) is 4.16. The second kappa shape index (κ2) is 9.64. The molecule has 2 aromatic carbocycles. The number of anilines is 1. The summed E-state index contributed by atoms with van der Waals surface area (Å²) in [5.74, 6) is 0.717. The Balaban J connectivity index is 1.52. The lowest BCUT2D eigenvalue weighted by Crippen LogP contribution is -2.23. The third-order valence-electron chi connectivity index (χ3n) is 5.92. The average Bonchev–Trinajstić information content (AvgIpc) is 3.22. The molecule has 1 N–H and O–H groups in total. The van der Waals surface area contributed by atoms with Crippen LogP contribution in [0.4, 0.5) is 5.69 Å². The van der Waals surface area contributed by atoms with Crippen molar-refractivity contribution in [2.75, 3.05) is 18.2 Å². The predicted octanol–water partition coefficient (Wildman–Crippen LogP) is 5.37.